The summed E-state index contributed by atoms with van der Waals surface area (Å²) in [5.74, 6) is 0.545. The van der Waals surface area contributed by atoms with Crippen molar-refractivity contribution in [2.75, 3.05) is 12.3 Å². The van der Waals surface area contributed by atoms with Crippen LogP contribution in [-0.4, -0.2) is 55.7 Å². The van der Waals surface area contributed by atoms with E-state index in [2.05, 4.69) is 29.7 Å². The fourth-order valence-corrected chi connectivity index (χ4v) is 7.36. The zero-order valence-electron chi connectivity index (χ0n) is 21.9. The van der Waals surface area contributed by atoms with Crippen molar-refractivity contribution in [3.05, 3.63) is 35.4 Å². The number of nitrogens with one attached hydrogen (secondary N) is 2. The van der Waals surface area contributed by atoms with Crippen LogP contribution in [0.15, 0.2) is 24.3 Å². The highest BCUT2D eigenvalue weighted by Crippen LogP contribution is 2.33. The SMILES string of the molecule is CC1CCCN1C(=O)C(NC(=O)NC1(CS(=O)C(C)(C)C)CCCCC1)C1Cc2ccccc2C1. The van der Waals surface area contributed by atoms with Gasteiger partial charge in [0.25, 0.3) is 0 Å². The minimum atomic E-state index is -1.07. The number of carbonyl (C=O) groups is 2. The highest BCUT2D eigenvalue weighted by Gasteiger charge is 2.42. The van der Waals surface area contributed by atoms with Crippen molar-refractivity contribution >= 4 is 22.7 Å². The van der Waals surface area contributed by atoms with Gasteiger partial charge in [0.05, 0.1) is 5.54 Å². The summed E-state index contributed by atoms with van der Waals surface area (Å²) >= 11 is 0. The zero-order valence-corrected chi connectivity index (χ0v) is 22.7. The summed E-state index contributed by atoms with van der Waals surface area (Å²) in [6, 6.07) is 7.71. The maximum absolute atomic E-state index is 13.7. The van der Waals surface area contributed by atoms with Crippen molar-refractivity contribution in [3.63, 3.8) is 0 Å². The molecule has 6 nitrogen and oxygen atoms in total. The molecule has 4 rings (SSSR count). The van der Waals surface area contributed by atoms with Crippen molar-refractivity contribution in [3.8, 4) is 0 Å². The minimum Gasteiger partial charge on any atom is -0.338 e. The smallest absolute Gasteiger partial charge is 0.315 e. The number of amides is 3. The summed E-state index contributed by atoms with van der Waals surface area (Å²) in [5.41, 5.74) is 2.07. The molecule has 0 spiro atoms. The Balaban J connectivity index is 1.52. The maximum atomic E-state index is 13.7. The van der Waals surface area contributed by atoms with Crippen molar-refractivity contribution in [1.29, 1.82) is 0 Å². The molecule has 0 radical (unpaired) electrons. The van der Waals surface area contributed by atoms with Gasteiger partial charge in [0, 0.05) is 33.9 Å². The molecule has 0 bridgehead atoms. The van der Waals surface area contributed by atoms with Crippen LogP contribution in [-0.2, 0) is 28.4 Å². The average Bonchev–Trinajstić information content (AvgIpc) is 3.42. The van der Waals surface area contributed by atoms with Crippen LogP contribution in [0.25, 0.3) is 0 Å². The number of urea groups is 1. The summed E-state index contributed by atoms with van der Waals surface area (Å²) in [6.45, 7) is 8.83. The van der Waals surface area contributed by atoms with E-state index in [1.807, 2.05) is 37.8 Å². The molecule has 2 fully saturated rings. The maximum Gasteiger partial charge on any atom is 0.315 e. The van der Waals surface area contributed by atoms with E-state index < -0.39 is 22.4 Å². The van der Waals surface area contributed by atoms with Crippen molar-refractivity contribution in [1.82, 2.24) is 15.5 Å². The topological polar surface area (TPSA) is 78.5 Å². The van der Waals surface area contributed by atoms with E-state index in [9.17, 15) is 13.8 Å². The Bertz CT molecular complexity index is 926. The molecule has 1 aromatic carbocycles. The van der Waals surface area contributed by atoms with E-state index in [0.717, 1.165) is 64.3 Å². The molecule has 1 heterocycles. The lowest BCUT2D eigenvalue weighted by atomic mass is 9.83. The second-order valence-corrected chi connectivity index (χ2v) is 14.2. The second-order valence-electron chi connectivity index (χ2n) is 12.0. The standard InChI is InChI=1S/C28H43N3O3S/c1-20-11-10-16-31(20)25(32)24(23-17-21-12-6-7-13-22(21)18-23)29-26(33)30-28(14-8-5-9-15-28)19-35(34)27(2,3)4/h6-7,12-13,20,23-24H,5,8-11,14-19H2,1-4H3,(H2,29,30,33). The van der Waals surface area contributed by atoms with Gasteiger partial charge in [-0.25, -0.2) is 4.79 Å². The highest BCUT2D eigenvalue weighted by atomic mass is 32.2. The Kier molecular flexibility index (Phi) is 7.94. The molecule has 1 aliphatic heterocycles. The summed E-state index contributed by atoms with van der Waals surface area (Å²) in [4.78, 5) is 29.2. The number of benzene rings is 1. The van der Waals surface area contributed by atoms with E-state index in [0.29, 0.717) is 5.75 Å². The minimum absolute atomic E-state index is 0.0407. The highest BCUT2D eigenvalue weighted by molar-refractivity contribution is 7.86. The molecule has 3 aliphatic rings. The van der Waals surface area contributed by atoms with Gasteiger partial charge in [-0.2, -0.15) is 0 Å². The Labute approximate surface area is 213 Å². The Hall–Kier alpha value is -1.89. The number of likely N-dealkylation sites (tertiary alicyclic amines) is 1. The second kappa shape index (κ2) is 10.6. The molecule has 35 heavy (non-hydrogen) atoms. The Morgan fingerprint density at radius 1 is 1.09 bits per heavy atom. The molecular weight excluding hydrogens is 458 g/mol. The molecule has 3 atom stereocenters. The molecule has 3 unspecified atom stereocenters. The van der Waals surface area contributed by atoms with Gasteiger partial charge in [-0.1, -0.05) is 43.5 Å². The van der Waals surface area contributed by atoms with Crippen LogP contribution < -0.4 is 10.6 Å². The molecule has 0 aromatic heterocycles. The van der Waals surface area contributed by atoms with Crippen molar-refractivity contribution in [2.24, 2.45) is 5.92 Å². The van der Waals surface area contributed by atoms with Crippen LogP contribution in [0.4, 0.5) is 4.79 Å². The third kappa shape index (κ3) is 6.10. The quantitative estimate of drug-likeness (QED) is 0.609. The van der Waals surface area contributed by atoms with Gasteiger partial charge in [0.15, 0.2) is 0 Å². The summed E-state index contributed by atoms with van der Waals surface area (Å²) in [6.07, 6.45) is 8.47. The van der Waals surface area contributed by atoms with Gasteiger partial charge in [-0.05, 0) is 83.3 Å². The van der Waals surface area contributed by atoms with E-state index >= 15 is 0 Å². The van der Waals surface area contributed by atoms with E-state index in [1.54, 1.807) is 0 Å². The zero-order chi connectivity index (χ0) is 25.2. The average molecular weight is 502 g/mol. The van der Waals surface area contributed by atoms with Crippen molar-refractivity contribution < 1.29 is 13.8 Å². The molecule has 1 saturated carbocycles. The summed E-state index contributed by atoms with van der Waals surface area (Å²) in [7, 11) is -1.07. The van der Waals surface area contributed by atoms with E-state index in [4.69, 9.17) is 0 Å². The number of rotatable bonds is 6. The lowest BCUT2D eigenvalue weighted by molar-refractivity contribution is -0.135. The van der Waals surface area contributed by atoms with Crippen LogP contribution in [0.5, 0.6) is 0 Å². The first-order valence-corrected chi connectivity index (χ1v) is 14.7. The summed E-state index contributed by atoms with van der Waals surface area (Å²) < 4.78 is 12.7. The first-order valence-electron chi connectivity index (χ1n) is 13.4. The monoisotopic (exact) mass is 501 g/mol. The normalized spacial score (nSPS) is 24.0. The van der Waals surface area contributed by atoms with Gasteiger partial charge in [0.2, 0.25) is 5.91 Å². The number of hydrogen-bond donors (Lipinski definition) is 2. The number of carbonyl (C=O) groups excluding carboxylic acids is 2. The molecule has 2 aliphatic carbocycles. The van der Waals surface area contributed by atoms with Crippen LogP contribution in [0.3, 0.4) is 0 Å². The molecule has 1 aromatic rings. The number of hydrogen-bond acceptors (Lipinski definition) is 3. The van der Waals surface area contributed by atoms with Gasteiger partial charge in [-0.15, -0.1) is 0 Å². The molecule has 7 heteroatoms. The largest absolute Gasteiger partial charge is 0.338 e. The molecule has 3 amide bonds. The predicted octanol–water partition coefficient (Wildman–Crippen LogP) is 4.33. The van der Waals surface area contributed by atoms with Gasteiger partial charge < -0.3 is 15.5 Å². The van der Waals surface area contributed by atoms with Gasteiger partial charge in [-0.3, -0.25) is 9.00 Å². The van der Waals surface area contributed by atoms with Crippen LogP contribution in [0.2, 0.25) is 0 Å². The molecular formula is C28H43N3O3S. The Morgan fingerprint density at radius 2 is 1.71 bits per heavy atom. The van der Waals surface area contributed by atoms with Gasteiger partial charge >= 0.3 is 6.03 Å². The third-order valence-corrected chi connectivity index (χ3v) is 10.4. The fourth-order valence-electron chi connectivity index (χ4n) is 6.07. The summed E-state index contributed by atoms with van der Waals surface area (Å²) in [5, 5.41) is 6.39. The number of nitrogens with zero attached hydrogens (tertiary/aromatic N) is 1. The first-order chi connectivity index (χ1) is 16.6. The fraction of sp³-hybridized carbons (Fsp3) is 0.714. The molecule has 194 valence electrons. The van der Waals surface area contributed by atoms with E-state index in [1.165, 1.54) is 11.1 Å². The van der Waals surface area contributed by atoms with Crippen LogP contribution >= 0.6 is 0 Å². The third-order valence-electron chi connectivity index (χ3n) is 8.22. The molecule has 1 saturated heterocycles. The van der Waals surface area contributed by atoms with Gasteiger partial charge in [0.1, 0.15) is 6.04 Å². The van der Waals surface area contributed by atoms with Crippen LogP contribution in [0.1, 0.15) is 83.8 Å². The molecule has 2 N–H and O–H groups in total. The lowest BCUT2D eigenvalue weighted by Gasteiger charge is -2.40. The van der Waals surface area contributed by atoms with Crippen LogP contribution in [0, 0.1) is 5.92 Å². The number of fused-ring (bicyclic) bond motifs is 1. The Morgan fingerprint density at radius 3 is 2.26 bits per heavy atom. The first kappa shape index (κ1) is 26.2. The van der Waals surface area contributed by atoms with E-state index in [-0.39, 0.29) is 28.6 Å². The lowest BCUT2D eigenvalue weighted by Crippen LogP contribution is -2.61. The van der Waals surface area contributed by atoms with Crippen molar-refractivity contribution in [2.45, 2.75) is 108 Å². The predicted molar refractivity (Wildman–Crippen MR) is 142 cm³/mol.